The van der Waals surface area contributed by atoms with Crippen molar-refractivity contribution < 1.29 is 43.9 Å². The van der Waals surface area contributed by atoms with E-state index in [4.69, 9.17) is 25.8 Å². The smallest absolute Gasteiger partial charge is 0.361 e. The average molecular weight is 591 g/mol. The van der Waals surface area contributed by atoms with Crippen LogP contribution in [0.1, 0.15) is 30.5 Å². The number of H-pyrrole nitrogens is 1. The average Bonchev–Trinajstić information content (AvgIpc) is 3.26. The molecule has 0 bridgehead atoms. The van der Waals surface area contributed by atoms with E-state index in [1.165, 1.54) is 4.52 Å². The molecule has 1 aliphatic carbocycles. The highest BCUT2D eigenvalue weighted by molar-refractivity contribution is 7.53. The lowest BCUT2D eigenvalue weighted by Gasteiger charge is -2.33. The summed E-state index contributed by atoms with van der Waals surface area (Å²) in [5.74, 6) is 1.20. The summed E-state index contributed by atoms with van der Waals surface area (Å²) >= 11 is 6.14. The highest BCUT2D eigenvalue weighted by Crippen LogP contribution is 2.51. The lowest BCUT2D eigenvalue weighted by atomic mass is 10.1. The molecule has 214 valence electrons. The molecule has 1 saturated heterocycles. The highest BCUT2D eigenvalue weighted by atomic mass is 35.5. The molecule has 3 aromatic rings. The first-order chi connectivity index (χ1) is 18.6. The fourth-order valence-corrected chi connectivity index (χ4v) is 5.05. The van der Waals surface area contributed by atoms with Crippen molar-refractivity contribution in [1.29, 1.82) is 0 Å². The zero-order valence-electron chi connectivity index (χ0n) is 20.4. The second-order valence-electron chi connectivity index (χ2n) is 9.47. The SMILES string of the molecule is O=P(O)(O)[C@](CO)(COCc1nn[nH]n1)OC[C@H]1O[C@@H](c2ccc3c(NCC4CC4)nc(Cl)nn23)[C@H](O)[C@@H]1O. The Bertz CT molecular complexity index is 1320. The molecule has 2 aliphatic rings. The fraction of sp³-hybridized carbons (Fsp3) is 0.650. The second kappa shape index (κ2) is 11.3. The van der Waals surface area contributed by atoms with E-state index in [1.807, 2.05) is 0 Å². The molecule has 7 N–H and O–H groups in total. The number of hydrogen-bond acceptors (Lipinski definition) is 13. The third-order valence-corrected chi connectivity index (χ3v) is 8.29. The van der Waals surface area contributed by atoms with Crippen molar-refractivity contribution in [3.63, 3.8) is 0 Å². The molecule has 3 aromatic heterocycles. The number of rotatable bonds is 13. The topological polar surface area (TPSA) is 243 Å². The number of aliphatic hydroxyl groups is 3. The van der Waals surface area contributed by atoms with Gasteiger partial charge in [-0.2, -0.15) is 10.2 Å². The van der Waals surface area contributed by atoms with Crippen LogP contribution in [0.2, 0.25) is 5.28 Å². The molecule has 0 spiro atoms. The predicted octanol–water partition coefficient (Wildman–Crippen LogP) is -1.02. The van der Waals surface area contributed by atoms with Crippen molar-refractivity contribution in [3.8, 4) is 0 Å². The molecular weight excluding hydrogens is 563 g/mol. The fourth-order valence-electron chi connectivity index (χ4n) is 4.21. The summed E-state index contributed by atoms with van der Waals surface area (Å²) in [7, 11) is -5.13. The number of ether oxygens (including phenoxy) is 3. The molecule has 19 heteroatoms. The van der Waals surface area contributed by atoms with Crippen LogP contribution in [0.15, 0.2) is 12.1 Å². The summed E-state index contributed by atoms with van der Waals surface area (Å²) in [5.41, 5.74) is 0.948. The van der Waals surface area contributed by atoms with Gasteiger partial charge in [0.15, 0.2) is 11.6 Å². The van der Waals surface area contributed by atoms with Crippen molar-refractivity contribution in [3.05, 3.63) is 28.9 Å². The number of halogens is 1. The Kier molecular flexibility index (Phi) is 8.17. The van der Waals surface area contributed by atoms with Gasteiger partial charge in [-0.25, -0.2) is 4.52 Å². The number of fused-ring (bicyclic) bond motifs is 1. The van der Waals surface area contributed by atoms with Crippen LogP contribution in [-0.2, 0) is 25.4 Å². The normalized spacial score (nSPS) is 25.3. The van der Waals surface area contributed by atoms with E-state index in [1.54, 1.807) is 12.1 Å². The number of hydrogen-bond donors (Lipinski definition) is 7. The van der Waals surface area contributed by atoms with Gasteiger partial charge in [-0.15, -0.1) is 15.3 Å². The minimum atomic E-state index is -5.13. The van der Waals surface area contributed by atoms with Gasteiger partial charge in [-0.3, -0.25) is 4.57 Å². The zero-order valence-corrected chi connectivity index (χ0v) is 22.0. The van der Waals surface area contributed by atoms with Gasteiger partial charge < -0.3 is 44.6 Å². The first-order valence-electron chi connectivity index (χ1n) is 12.0. The predicted molar refractivity (Wildman–Crippen MR) is 130 cm³/mol. The highest BCUT2D eigenvalue weighted by Gasteiger charge is 2.51. The quantitative estimate of drug-likeness (QED) is 0.118. The number of aromatic amines is 1. The number of anilines is 1. The molecule has 17 nitrogen and oxygen atoms in total. The largest absolute Gasteiger partial charge is 0.393 e. The molecular formula is C20H28ClN8O9P. The van der Waals surface area contributed by atoms with E-state index in [9.17, 15) is 29.7 Å². The third kappa shape index (κ3) is 5.92. The van der Waals surface area contributed by atoms with Crippen LogP contribution >= 0.6 is 19.2 Å². The zero-order chi connectivity index (χ0) is 27.8. The van der Waals surface area contributed by atoms with E-state index < -0.39 is 57.2 Å². The molecule has 0 unspecified atom stereocenters. The van der Waals surface area contributed by atoms with Gasteiger partial charge in [0.1, 0.15) is 36.5 Å². The van der Waals surface area contributed by atoms with Gasteiger partial charge in [-0.05, 0) is 42.5 Å². The van der Waals surface area contributed by atoms with Gasteiger partial charge in [0, 0.05) is 6.54 Å². The van der Waals surface area contributed by atoms with Crippen molar-refractivity contribution in [1.82, 2.24) is 35.2 Å². The van der Waals surface area contributed by atoms with Gasteiger partial charge in [0.25, 0.3) is 0 Å². The van der Waals surface area contributed by atoms with Gasteiger partial charge in [-0.1, -0.05) is 5.21 Å². The minimum absolute atomic E-state index is 0.0404. The number of aliphatic hydroxyl groups excluding tert-OH is 3. The van der Waals surface area contributed by atoms with E-state index in [0.29, 0.717) is 22.9 Å². The van der Waals surface area contributed by atoms with Crippen molar-refractivity contribution in [2.24, 2.45) is 5.92 Å². The first kappa shape index (κ1) is 28.2. The maximum absolute atomic E-state index is 12.3. The van der Waals surface area contributed by atoms with Crippen LogP contribution in [0.4, 0.5) is 5.82 Å². The van der Waals surface area contributed by atoms with Crippen LogP contribution in [-0.4, -0.2) is 110 Å². The molecule has 0 radical (unpaired) electrons. The molecule has 0 aromatic carbocycles. The molecule has 39 heavy (non-hydrogen) atoms. The number of nitrogens with one attached hydrogen (secondary N) is 2. The number of nitrogens with zero attached hydrogens (tertiary/aromatic N) is 6. The Morgan fingerprint density at radius 2 is 2.08 bits per heavy atom. The Morgan fingerprint density at radius 3 is 2.74 bits per heavy atom. The summed E-state index contributed by atoms with van der Waals surface area (Å²) in [6.45, 7) is -2.00. The monoisotopic (exact) mass is 590 g/mol. The third-order valence-electron chi connectivity index (χ3n) is 6.67. The van der Waals surface area contributed by atoms with Crippen molar-refractivity contribution in [2.45, 2.75) is 49.2 Å². The Balaban J connectivity index is 1.30. The van der Waals surface area contributed by atoms with Crippen LogP contribution in [0, 0.1) is 5.92 Å². The number of tetrazole rings is 1. The maximum atomic E-state index is 12.3. The Labute approximate surface area is 225 Å². The first-order valence-corrected chi connectivity index (χ1v) is 14.0. The van der Waals surface area contributed by atoms with Crippen LogP contribution in [0.25, 0.3) is 5.52 Å². The molecule has 1 aliphatic heterocycles. The lowest BCUT2D eigenvalue weighted by Crippen LogP contribution is -2.45. The van der Waals surface area contributed by atoms with E-state index in [2.05, 4.69) is 36.0 Å². The van der Waals surface area contributed by atoms with Crippen LogP contribution in [0.3, 0.4) is 0 Å². The van der Waals surface area contributed by atoms with Gasteiger partial charge in [0.2, 0.25) is 10.6 Å². The Morgan fingerprint density at radius 1 is 1.28 bits per heavy atom. The summed E-state index contributed by atoms with van der Waals surface area (Å²) in [4.78, 5) is 24.1. The molecule has 0 amide bonds. The summed E-state index contributed by atoms with van der Waals surface area (Å²) < 4.78 is 30.3. The second-order valence-corrected chi connectivity index (χ2v) is 11.7. The summed E-state index contributed by atoms with van der Waals surface area (Å²) in [6.07, 6.45) is -2.98. The number of aromatic nitrogens is 7. The van der Waals surface area contributed by atoms with E-state index in [-0.39, 0.29) is 17.7 Å². The standard InChI is InChI=1S/C20H28ClN8O9P/c21-19-23-18(22-5-10-1-2-10)12-4-3-11(29(12)26-19)17-16(32)15(31)13(38-17)6-37-20(8-30,39(33,34)35)9-36-7-14-24-27-28-25-14/h3-4,10,13,15-17,30-32H,1-2,5-9H2,(H,22,23,26)(H2,33,34,35)(H,24,25,27,28)/t13-,15-,16-,17+,20-/m1/s1. The molecule has 4 heterocycles. The van der Waals surface area contributed by atoms with Crippen molar-refractivity contribution >= 4 is 30.5 Å². The van der Waals surface area contributed by atoms with Crippen LogP contribution < -0.4 is 5.32 Å². The summed E-state index contributed by atoms with van der Waals surface area (Å²) in [6, 6.07) is 3.37. The van der Waals surface area contributed by atoms with Gasteiger partial charge >= 0.3 is 7.60 Å². The molecule has 1 saturated carbocycles. The Hall–Kier alpha value is -2.31. The lowest BCUT2D eigenvalue weighted by molar-refractivity contribution is -0.126. The van der Waals surface area contributed by atoms with Crippen LogP contribution in [0.5, 0.6) is 0 Å². The summed E-state index contributed by atoms with van der Waals surface area (Å²) in [5, 5.41) is 49.2. The van der Waals surface area contributed by atoms with Crippen molar-refractivity contribution in [2.75, 3.05) is 31.7 Å². The van der Waals surface area contributed by atoms with E-state index >= 15 is 0 Å². The molecule has 2 fully saturated rings. The minimum Gasteiger partial charge on any atom is -0.393 e. The molecule has 5 atom stereocenters. The molecule has 5 rings (SSSR count). The maximum Gasteiger partial charge on any atom is 0.361 e. The van der Waals surface area contributed by atoms with E-state index in [0.717, 1.165) is 19.4 Å². The van der Waals surface area contributed by atoms with Gasteiger partial charge in [0.05, 0.1) is 25.5 Å².